The van der Waals surface area contributed by atoms with Crippen LogP contribution < -0.4 is 10.2 Å². The van der Waals surface area contributed by atoms with Crippen molar-refractivity contribution in [2.24, 2.45) is 5.92 Å². The molecule has 0 amide bonds. The minimum absolute atomic E-state index is 0.747. The molecule has 1 aliphatic heterocycles. The van der Waals surface area contributed by atoms with Gasteiger partial charge in [0, 0.05) is 25.8 Å². The van der Waals surface area contributed by atoms with Gasteiger partial charge in [0.05, 0.1) is 5.02 Å². The van der Waals surface area contributed by atoms with Gasteiger partial charge in [-0.3, -0.25) is 0 Å². The number of hydrogen-bond acceptors (Lipinski definition) is 3. The molecule has 1 N–H and O–H groups in total. The van der Waals surface area contributed by atoms with Gasteiger partial charge in [-0.2, -0.15) is 0 Å². The third-order valence-electron chi connectivity index (χ3n) is 3.80. The van der Waals surface area contributed by atoms with Gasteiger partial charge in [0.25, 0.3) is 0 Å². The maximum atomic E-state index is 6.14. The second-order valence-electron chi connectivity index (χ2n) is 5.00. The van der Waals surface area contributed by atoms with Crippen LogP contribution in [0.15, 0.2) is 12.3 Å². The van der Waals surface area contributed by atoms with E-state index in [1.165, 1.54) is 19.3 Å². The summed E-state index contributed by atoms with van der Waals surface area (Å²) in [6, 6.07) is 2.12. The van der Waals surface area contributed by atoms with Gasteiger partial charge in [0.2, 0.25) is 0 Å². The van der Waals surface area contributed by atoms with Crippen LogP contribution in [0.5, 0.6) is 0 Å². The number of hydrogen-bond donors (Lipinski definition) is 1. The van der Waals surface area contributed by atoms with Crippen LogP contribution in [0.25, 0.3) is 0 Å². The van der Waals surface area contributed by atoms with Gasteiger partial charge in [-0.25, -0.2) is 4.98 Å². The van der Waals surface area contributed by atoms with Crippen LogP contribution in [0, 0.1) is 5.92 Å². The lowest BCUT2D eigenvalue weighted by molar-refractivity contribution is 0.393. The van der Waals surface area contributed by atoms with Gasteiger partial charge in [0.15, 0.2) is 0 Å². The zero-order valence-corrected chi connectivity index (χ0v) is 12.0. The van der Waals surface area contributed by atoms with Crippen LogP contribution in [-0.4, -0.2) is 25.1 Å². The fraction of sp³-hybridized carbons (Fsp3) is 0.643. The fourth-order valence-corrected chi connectivity index (χ4v) is 2.71. The Hall–Kier alpha value is -0.800. The highest BCUT2D eigenvalue weighted by Crippen LogP contribution is 2.26. The minimum atomic E-state index is 0.747. The van der Waals surface area contributed by atoms with Crippen LogP contribution in [0.4, 0.5) is 5.82 Å². The highest BCUT2D eigenvalue weighted by Gasteiger charge is 2.19. The first kappa shape index (κ1) is 13.6. The van der Waals surface area contributed by atoms with Crippen molar-refractivity contribution >= 4 is 17.4 Å². The third-order valence-corrected chi connectivity index (χ3v) is 4.14. The Kier molecular flexibility index (Phi) is 4.84. The second-order valence-corrected chi connectivity index (χ2v) is 5.41. The summed E-state index contributed by atoms with van der Waals surface area (Å²) in [5.74, 6) is 1.96. The first-order chi connectivity index (χ1) is 8.74. The highest BCUT2D eigenvalue weighted by atomic mass is 35.5. The molecule has 18 heavy (non-hydrogen) atoms. The number of pyridine rings is 1. The lowest BCUT2D eigenvalue weighted by Crippen LogP contribution is -2.34. The number of anilines is 1. The van der Waals surface area contributed by atoms with Crippen LogP contribution in [0.2, 0.25) is 5.02 Å². The quantitative estimate of drug-likeness (QED) is 0.909. The summed E-state index contributed by atoms with van der Waals surface area (Å²) < 4.78 is 0. The number of piperidine rings is 1. The van der Waals surface area contributed by atoms with E-state index < -0.39 is 0 Å². The predicted octanol–water partition coefficient (Wildman–Crippen LogP) is 3.08. The van der Waals surface area contributed by atoms with Gasteiger partial charge in [-0.05, 0) is 37.4 Å². The van der Waals surface area contributed by atoms with E-state index in [9.17, 15) is 0 Å². The molecule has 0 aromatic carbocycles. The van der Waals surface area contributed by atoms with Crippen molar-refractivity contribution in [2.75, 3.05) is 25.0 Å². The van der Waals surface area contributed by atoms with Crippen molar-refractivity contribution in [2.45, 2.75) is 32.7 Å². The number of nitrogens with one attached hydrogen (secondary N) is 1. The van der Waals surface area contributed by atoms with Gasteiger partial charge < -0.3 is 10.2 Å². The molecule has 2 heterocycles. The topological polar surface area (TPSA) is 28.2 Å². The summed E-state index contributed by atoms with van der Waals surface area (Å²) in [5.41, 5.74) is 1.13. The summed E-state index contributed by atoms with van der Waals surface area (Å²) in [6.45, 7) is 5.31. The smallest absolute Gasteiger partial charge is 0.128 e. The molecule has 100 valence electrons. The molecule has 0 aliphatic carbocycles. The van der Waals surface area contributed by atoms with Gasteiger partial charge in [0.1, 0.15) is 5.82 Å². The lowest BCUT2D eigenvalue weighted by Gasteiger charge is -2.32. The molecule has 1 aromatic rings. The molecule has 1 saturated heterocycles. The Bertz CT molecular complexity index is 387. The normalized spacial score (nSPS) is 17.2. The van der Waals surface area contributed by atoms with Crippen LogP contribution in [-0.2, 0) is 6.54 Å². The van der Waals surface area contributed by atoms with E-state index >= 15 is 0 Å². The number of aromatic nitrogens is 1. The maximum Gasteiger partial charge on any atom is 0.128 e. The van der Waals surface area contributed by atoms with Crippen molar-refractivity contribution in [3.8, 4) is 0 Å². The van der Waals surface area contributed by atoms with Crippen LogP contribution in [0.1, 0.15) is 31.7 Å². The molecule has 0 atom stereocenters. The first-order valence-corrected chi connectivity index (χ1v) is 7.16. The summed E-state index contributed by atoms with van der Waals surface area (Å²) in [6.07, 6.45) is 5.63. The SMILES string of the molecule is CCC1CCN(c2cc(CNC)c(Cl)cn2)CC1. The fourth-order valence-electron chi connectivity index (χ4n) is 2.54. The Morgan fingerprint density at radius 1 is 1.44 bits per heavy atom. The van der Waals surface area contributed by atoms with E-state index in [2.05, 4.69) is 28.2 Å². The molecule has 1 fully saturated rings. The average Bonchev–Trinajstić information content (AvgIpc) is 2.42. The van der Waals surface area contributed by atoms with Gasteiger partial charge >= 0.3 is 0 Å². The number of rotatable bonds is 4. The zero-order chi connectivity index (χ0) is 13.0. The zero-order valence-electron chi connectivity index (χ0n) is 11.2. The van der Waals surface area contributed by atoms with E-state index in [4.69, 9.17) is 11.6 Å². The summed E-state index contributed by atoms with van der Waals surface area (Å²) in [4.78, 5) is 6.84. The van der Waals surface area contributed by atoms with Gasteiger partial charge in [-0.1, -0.05) is 24.9 Å². The summed E-state index contributed by atoms with van der Waals surface area (Å²) >= 11 is 6.14. The molecule has 0 bridgehead atoms. The molecule has 1 aromatic heterocycles. The van der Waals surface area contributed by atoms with E-state index in [1.807, 2.05) is 7.05 Å². The largest absolute Gasteiger partial charge is 0.357 e. The number of nitrogens with zero attached hydrogens (tertiary/aromatic N) is 2. The summed E-state index contributed by atoms with van der Waals surface area (Å²) in [7, 11) is 1.93. The van der Waals surface area contributed by atoms with Crippen LogP contribution in [0.3, 0.4) is 0 Å². The Balaban J connectivity index is 2.07. The molecular formula is C14H22ClN3. The molecule has 0 radical (unpaired) electrons. The monoisotopic (exact) mass is 267 g/mol. The lowest BCUT2D eigenvalue weighted by atomic mass is 9.94. The molecule has 0 spiro atoms. The van der Waals surface area contributed by atoms with E-state index in [0.717, 1.165) is 42.0 Å². The minimum Gasteiger partial charge on any atom is -0.357 e. The molecular weight excluding hydrogens is 246 g/mol. The van der Waals surface area contributed by atoms with Crippen molar-refractivity contribution in [1.82, 2.24) is 10.3 Å². The standard InChI is InChI=1S/C14H22ClN3/c1-3-11-4-6-18(7-5-11)14-8-12(9-16-2)13(15)10-17-14/h8,10-11,16H,3-7,9H2,1-2H3. The van der Waals surface area contributed by atoms with Crippen LogP contribution >= 0.6 is 11.6 Å². The van der Waals surface area contributed by atoms with E-state index in [1.54, 1.807) is 6.20 Å². The molecule has 0 saturated carbocycles. The predicted molar refractivity (Wildman–Crippen MR) is 77.2 cm³/mol. The maximum absolute atomic E-state index is 6.14. The van der Waals surface area contributed by atoms with Crippen molar-refractivity contribution in [3.05, 3.63) is 22.8 Å². The average molecular weight is 268 g/mol. The molecule has 2 rings (SSSR count). The summed E-state index contributed by atoms with van der Waals surface area (Å²) in [5, 5.41) is 3.89. The van der Waals surface area contributed by atoms with E-state index in [0.29, 0.717) is 0 Å². The van der Waals surface area contributed by atoms with E-state index in [-0.39, 0.29) is 0 Å². The molecule has 1 aliphatic rings. The Labute approximate surface area is 115 Å². The third kappa shape index (κ3) is 3.15. The Morgan fingerprint density at radius 3 is 2.78 bits per heavy atom. The van der Waals surface area contributed by atoms with Crippen molar-refractivity contribution in [1.29, 1.82) is 0 Å². The van der Waals surface area contributed by atoms with Gasteiger partial charge in [-0.15, -0.1) is 0 Å². The van der Waals surface area contributed by atoms with Crippen molar-refractivity contribution < 1.29 is 0 Å². The molecule has 0 unspecified atom stereocenters. The van der Waals surface area contributed by atoms with Crippen molar-refractivity contribution in [3.63, 3.8) is 0 Å². The Morgan fingerprint density at radius 2 is 2.17 bits per heavy atom. The molecule has 4 heteroatoms. The second kappa shape index (κ2) is 6.39. The number of halogens is 1. The molecule has 3 nitrogen and oxygen atoms in total. The highest BCUT2D eigenvalue weighted by molar-refractivity contribution is 6.31. The first-order valence-electron chi connectivity index (χ1n) is 6.78.